The van der Waals surface area contributed by atoms with E-state index in [1.807, 2.05) is 36.4 Å². The number of nitro groups is 1. The van der Waals surface area contributed by atoms with Gasteiger partial charge in [-0.3, -0.25) is 14.9 Å². The van der Waals surface area contributed by atoms with Crippen LogP contribution in [-0.4, -0.2) is 70.8 Å². The van der Waals surface area contributed by atoms with Gasteiger partial charge in [-0.05, 0) is 42.5 Å². The first-order valence-electron chi connectivity index (χ1n) is 13.7. The van der Waals surface area contributed by atoms with Crippen molar-refractivity contribution in [2.24, 2.45) is 0 Å². The predicted molar refractivity (Wildman–Crippen MR) is 155 cm³/mol. The fraction of sp³-hybridized carbons (Fsp3) is 0.290. The van der Waals surface area contributed by atoms with E-state index in [2.05, 4.69) is 5.32 Å². The van der Waals surface area contributed by atoms with E-state index in [0.717, 1.165) is 11.1 Å². The van der Waals surface area contributed by atoms with E-state index in [-0.39, 0.29) is 31.0 Å². The second-order valence-corrected chi connectivity index (χ2v) is 10.1. The van der Waals surface area contributed by atoms with E-state index in [1.54, 1.807) is 24.3 Å². The van der Waals surface area contributed by atoms with E-state index in [4.69, 9.17) is 9.47 Å². The number of rotatable bonds is 11. The number of carbonyl (C=O) groups is 4. The molecule has 43 heavy (non-hydrogen) atoms. The van der Waals surface area contributed by atoms with Crippen LogP contribution in [0.4, 0.5) is 15.3 Å². The van der Waals surface area contributed by atoms with Gasteiger partial charge in [-0.25, -0.2) is 14.4 Å². The number of benzene rings is 3. The average Bonchev–Trinajstić information content (AvgIpc) is 3.50. The van der Waals surface area contributed by atoms with Crippen LogP contribution in [-0.2, 0) is 27.4 Å². The van der Waals surface area contributed by atoms with Crippen molar-refractivity contribution in [1.82, 2.24) is 15.1 Å². The Bertz CT molecular complexity index is 1430. The van der Waals surface area contributed by atoms with Gasteiger partial charge in [-0.15, -0.1) is 0 Å². The quantitative estimate of drug-likeness (QED) is 0.200. The molecule has 0 bridgehead atoms. The molecule has 12 heteroatoms. The molecule has 4 rings (SSSR count). The molecule has 0 aliphatic carbocycles. The smallest absolute Gasteiger partial charge is 0.413 e. The number of hydrogen-bond donors (Lipinski definition) is 1. The van der Waals surface area contributed by atoms with Gasteiger partial charge in [-0.1, -0.05) is 60.7 Å². The Balaban J connectivity index is 1.38. The minimum absolute atomic E-state index is 0.0560. The number of non-ortho nitro benzene ring substituents is 1. The molecule has 1 fully saturated rings. The normalized spacial score (nSPS) is 14.8. The van der Waals surface area contributed by atoms with Gasteiger partial charge < -0.3 is 24.6 Å². The summed E-state index contributed by atoms with van der Waals surface area (Å²) in [6.07, 6.45) is 0.270. The van der Waals surface area contributed by atoms with E-state index in [9.17, 15) is 29.3 Å². The van der Waals surface area contributed by atoms with Crippen molar-refractivity contribution in [2.75, 3.05) is 20.1 Å². The van der Waals surface area contributed by atoms with Gasteiger partial charge >= 0.3 is 18.1 Å². The van der Waals surface area contributed by atoms with Crippen molar-refractivity contribution >= 4 is 29.6 Å². The molecule has 1 aliphatic rings. The van der Waals surface area contributed by atoms with Gasteiger partial charge in [0, 0.05) is 25.7 Å². The molecular formula is C31H32N4O8. The van der Waals surface area contributed by atoms with E-state index in [0.29, 0.717) is 19.4 Å². The molecule has 2 atom stereocenters. The summed E-state index contributed by atoms with van der Waals surface area (Å²) >= 11 is 0. The molecular weight excluding hydrogens is 556 g/mol. The number of carbonyl (C=O) groups excluding carboxylic acids is 4. The summed E-state index contributed by atoms with van der Waals surface area (Å²) in [4.78, 5) is 65.2. The van der Waals surface area contributed by atoms with Crippen molar-refractivity contribution < 1.29 is 33.6 Å². The number of nitrogens with one attached hydrogen (secondary N) is 1. The first-order valence-corrected chi connectivity index (χ1v) is 13.7. The van der Waals surface area contributed by atoms with Gasteiger partial charge in [0.05, 0.1) is 17.5 Å². The van der Waals surface area contributed by atoms with Crippen molar-refractivity contribution in [3.05, 3.63) is 106 Å². The minimum atomic E-state index is -1.05. The van der Waals surface area contributed by atoms with Crippen LogP contribution in [0.2, 0.25) is 0 Å². The molecule has 0 spiro atoms. The van der Waals surface area contributed by atoms with Crippen molar-refractivity contribution in [3.8, 4) is 5.75 Å². The highest BCUT2D eigenvalue weighted by Gasteiger charge is 2.37. The number of nitro benzene ring substituents is 1. The lowest BCUT2D eigenvalue weighted by molar-refractivity contribution is -0.384. The van der Waals surface area contributed by atoms with Gasteiger partial charge in [-0.2, -0.15) is 0 Å². The van der Waals surface area contributed by atoms with Gasteiger partial charge in [0.1, 0.15) is 18.4 Å². The Morgan fingerprint density at radius 3 is 2.23 bits per heavy atom. The summed E-state index contributed by atoms with van der Waals surface area (Å²) in [6, 6.07) is 20.9. The monoisotopic (exact) mass is 588 g/mol. The Labute approximate surface area is 248 Å². The number of nitrogens with zero attached hydrogens (tertiary/aromatic N) is 3. The molecule has 1 saturated heterocycles. The Hall–Kier alpha value is -5.26. The first kappa shape index (κ1) is 30.7. The molecule has 1 N–H and O–H groups in total. The fourth-order valence-electron chi connectivity index (χ4n) is 4.71. The van der Waals surface area contributed by atoms with Crippen LogP contribution in [0.25, 0.3) is 0 Å². The Morgan fingerprint density at radius 1 is 0.977 bits per heavy atom. The highest BCUT2D eigenvalue weighted by Crippen LogP contribution is 2.21. The summed E-state index contributed by atoms with van der Waals surface area (Å²) in [6.45, 7) is 0.0987. The maximum atomic E-state index is 13.4. The lowest BCUT2D eigenvalue weighted by Crippen LogP contribution is -2.51. The zero-order valence-electron chi connectivity index (χ0n) is 23.6. The van der Waals surface area contributed by atoms with Gasteiger partial charge in [0.15, 0.2) is 5.78 Å². The highest BCUT2D eigenvalue weighted by atomic mass is 16.6. The van der Waals surface area contributed by atoms with Crippen LogP contribution in [0.1, 0.15) is 24.0 Å². The third kappa shape index (κ3) is 8.62. The van der Waals surface area contributed by atoms with E-state index < -0.39 is 40.9 Å². The van der Waals surface area contributed by atoms with Crippen LogP contribution in [0.15, 0.2) is 84.9 Å². The van der Waals surface area contributed by atoms with Crippen LogP contribution < -0.4 is 10.1 Å². The molecule has 3 aromatic carbocycles. The van der Waals surface area contributed by atoms with Crippen molar-refractivity contribution in [1.29, 1.82) is 0 Å². The number of ketones is 1. The molecule has 0 saturated carbocycles. The van der Waals surface area contributed by atoms with Crippen LogP contribution in [0.5, 0.6) is 5.75 Å². The molecule has 0 unspecified atom stereocenters. The topological polar surface area (TPSA) is 148 Å². The number of urea groups is 1. The number of hydrogen-bond acceptors (Lipinski definition) is 8. The third-order valence-electron chi connectivity index (χ3n) is 6.94. The van der Waals surface area contributed by atoms with Crippen molar-refractivity contribution in [3.63, 3.8) is 0 Å². The first-order chi connectivity index (χ1) is 20.7. The lowest BCUT2D eigenvalue weighted by atomic mass is 10.0. The molecule has 1 heterocycles. The number of amides is 3. The second kappa shape index (κ2) is 14.6. The minimum Gasteiger partial charge on any atom is -0.459 e. The number of Topliss-reactive ketones (excluding diaryl/α,β-unsaturated/α-hetero) is 1. The molecule has 3 amide bonds. The zero-order chi connectivity index (χ0) is 30.8. The standard InChI is InChI=1S/C31H32N4O8/c1-33(31(39)34-18-8-13-27(34)29(37)42-21-23-11-6-3-7-12-23)20-28(36)26(19-22-9-4-2-5-10-22)32-30(38)43-25-16-14-24(15-17-25)35(40)41/h2-7,9-12,14-17,26-27H,8,13,18-21H2,1H3,(H,32,38)/t26-,27-/m0/s1. The Morgan fingerprint density at radius 2 is 1.60 bits per heavy atom. The predicted octanol–water partition coefficient (Wildman–Crippen LogP) is 4.12. The lowest BCUT2D eigenvalue weighted by Gasteiger charge is -2.29. The number of esters is 1. The third-order valence-corrected chi connectivity index (χ3v) is 6.94. The molecule has 3 aromatic rings. The van der Waals surface area contributed by atoms with E-state index in [1.165, 1.54) is 41.1 Å². The van der Waals surface area contributed by atoms with Crippen LogP contribution in [0.3, 0.4) is 0 Å². The summed E-state index contributed by atoms with van der Waals surface area (Å²) in [5.41, 5.74) is 1.44. The zero-order valence-corrected chi connectivity index (χ0v) is 23.6. The number of ether oxygens (including phenoxy) is 2. The average molecular weight is 589 g/mol. The van der Waals surface area contributed by atoms with Crippen LogP contribution >= 0.6 is 0 Å². The maximum absolute atomic E-state index is 13.4. The largest absolute Gasteiger partial charge is 0.459 e. The molecule has 12 nitrogen and oxygen atoms in total. The van der Waals surface area contributed by atoms with Gasteiger partial charge in [0.2, 0.25) is 0 Å². The number of likely N-dealkylation sites (tertiary alicyclic amines) is 1. The van der Waals surface area contributed by atoms with E-state index >= 15 is 0 Å². The maximum Gasteiger partial charge on any atom is 0.413 e. The van der Waals surface area contributed by atoms with Gasteiger partial charge in [0.25, 0.3) is 5.69 Å². The molecule has 1 aliphatic heterocycles. The van der Waals surface area contributed by atoms with Crippen molar-refractivity contribution in [2.45, 2.75) is 38.0 Å². The summed E-state index contributed by atoms with van der Waals surface area (Å²) in [5.74, 6) is -0.907. The summed E-state index contributed by atoms with van der Waals surface area (Å²) < 4.78 is 10.7. The summed E-state index contributed by atoms with van der Waals surface area (Å²) in [7, 11) is 1.46. The SMILES string of the molecule is CN(CC(=O)[C@H](Cc1ccccc1)NC(=O)Oc1ccc([N+](=O)[O-])cc1)C(=O)N1CCC[C@H]1C(=O)OCc1ccccc1. The Kier molecular flexibility index (Phi) is 10.4. The number of likely N-dealkylation sites (N-methyl/N-ethyl adjacent to an activating group) is 1. The molecule has 224 valence electrons. The van der Waals surface area contributed by atoms with Crippen LogP contribution in [0, 0.1) is 10.1 Å². The fourth-order valence-corrected chi connectivity index (χ4v) is 4.71. The second-order valence-electron chi connectivity index (χ2n) is 10.1. The molecule has 0 radical (unpaired) electrons. The highest BCUT2D eigenvalue weighted by molar-refractivity contribution is 5.92. The summed E-state index contributed by atoms with van der Waals surface area (Å²) in [5, 5.41) is 13.4. The molecule has 0 aromatic heterocycles.